The summed E-state index contributed by atoms with van der Waals surface area (Å²) in [4.78, 5) is 23.5. The Hall–Kier alpha value is -3.10. The van der Waals surface area contributed by atoms with Crippen molar-refractivity contribution in [3.05, 3.63) is 59.9 Å². The highest BCUT2D eigenvalue weighted by Gasteiger charge is 2.30. The van der Waals surface area contributed by atoms with Crippen LogP contribution in [0, 0.1) is 5.82 Å². The molecule has 0 aliphatic heterocycles. The normalized spacial score (nSPS) is 12.2. The molecule has 2 aromatic rings. The summed E-state index contributed by atoms with van der Waals surface area (Å²) in [6, 6.07) is 8.79. The summed E-state index contributed by atoms with van der Waals surface area (Å²) in [5, 5.41) is 2.30. The van der Waals surface area contributed by atoms with Gasteiger partial charge in [0.15, 0.2) is 12.7 Å². The summed E-state index contributed by atoms with van der Waals surface area (Å²) in [5.41, 5.74) is -0.724. The molecule has 0 aliphatic carbocycles. The molecule has 1 N–H and O–H groups in total. The Kier molecular flexibility index (Phi) is 6.38. The number of amides is 1. The van der Waals surface area contributed by atoms with Crippen molar-refractivity contribution in [2.45, 2.75) is 19.2 Å². The maximum atomic E-state index is 12.8. The number of hydrogen-bond donors (Lipinski definition) is 1. The van der Waals surface area contributed by atoms with E-state index in [1.807, 2.05) is 0 Å². The Labute approximate surface area is 151 Å². The van der Waals surface area contributed by atoms with E-state index in [0.717, 1.165) is 36.4 Å². The fourth-order valence-corrected chi connectivity index (χ4v) is 1.96. The lowest BCUT2D eigenvalue weighted by Gasteiger charge is -2.14. The van der Waals surface area contributed by atoms with Gasteiger partial charge in [0.1, 0.15) is 11.6 Å². The first-order valence-corrected chi connectivity index (χ1v) is 7.71. The van der Waals surface area contributed by atoms with E-state index in [4.69, 9.17) is 9.47 Å². The van der Waals surface area contributed by atoms with Crippen LogP contribution in [0.5, 0.6) is 5.75 Å². The third-order valence-electron chi connectivity index (χ3n) is 3.30. The topological polar surface area (TPSA) is 64.6 Å². The number of esters is 1. The van der Waals surface area contributed by atoms with Crippen LogP contribution in [0.4, 0.5) is 23.2 Å². The molecular weight excluding hydrogens is 370 g/mol. The van der Waals surface area contributed by atoms with E-state index in [0.29, 0.717) is 0 Å². The molecular formula is C18H15F4NO4. The molecule has 1 amide bonds. The molecule has 0 saturated carbocycles. The van der Waals surface area contributed by atoms with Gasteiger partial charge in [0, 0.05) is 5.69 Å². The third kappa shape index (κ3) is 6.28. The zero-order chi connectivity index (χ0) is 20.0. The van der Waals surface area contributed by atoms with Gasteiger partial charge < -0.3 is 14.8 Å². The minimum absolute atomic E-state index is 0.125. The van der Waals surface area contributed by atoms with Gasteiger partial charge in [-0.1, -0.05) is 0 Å². The van der Waals surface area contributed by atoms with Gasteiger partial charge >= 0.3 is 12.1 Å². The average molecular weight is 385 g/mol. The van der Waals surface area contributed by atoms with E-state index in [9.17, 15) is 27.2 Å². The van der Waals surface area contributed by atoms with Gasteiger partial charge in [-0.05, 0) is 55.5 Å². The number of rotatable bonds is 6. The van der Waals surface area contributed by atoms with E-state index >= 15 is 0 Å². The van der Waals surface area contributed by atoms with E-state index in [2.05, 4.69) is 5.32 Å². The molecule has 0 radical (unpaired) electrons. The van der Waals surface area contributed by atoms with Crippen LogP contribution in [0.15, 0.2) is 48.5 Å². The van der Waals surface area contributed by atoms with Gasteiger partial charge in [-0.3, -0.25) is 4.79 Å². The fourth-order valence-electron chi connectivity index (χ4n) is 1.96. The van der Waals surface area contributed by atoms with Crippen molar-refractivity contribution in [3.8, 4) is 5.75 Å². The number of carbonyl (C=O) groups excluding carboxylic acids is 2. The van der Waals surface area contributed by atoms with Crippen molar-refractivity contribution in [3.63, 3.8) is 0 Å². The van der Waals surface area contributed by atoms with Crippen LogP contribution in [0.3, 0.4) is 0 Å². The highest BCUT2D eigenvalue weighted by Crippen LogP contribution is 2.29. The van der Waals surface area contributed by atoms with Gasteiger partial charge in [-0.15, -0.1) is 0 Å². The van der Waals surface area contributed by atoms with Gasteiger partial charge in [0.05, 0.1) is 5.56 Å². The molecule has 0 aliphatic rings. The first-order valence-electron chi connectivity index (χ1n) is 7.71. The van der Waals surface area contributed by atoms with Crippen LogP contribution in [-0.2, 0) is 20.5 Å². The summed E-state index contributed by atoms with van der Waals surface area (Å²) >= 11 is 0. The molecule has 5 nitrogen and oxygen atoms in total. The van der Waals surface area contributed by atoms with Crippen molar-refractivity contribution in [1.29, 1.82) is 0 Å². The number of carbonyl (C=O) groups is 2. The second-order valence-corrected chi connectivity index (χ2v) is 5.44. The highest BCUT2D eigenvalue weighted by atomic mass is 19.4. The second-order valence-electron chi connectivity index (χ2n) is 5.44. The average Bonchev–Trinajstić information content (AvgIpc) is 2.61. The van der Waals surface area contributed by atoms with Crippen LogP contribution < -0.4 is 10.1 Å². The third-order valence-corrected chi connectivity index (χ3v) is 3.30. The number of halogens is 4. The molecule has 0 fully saturated rings. The minimum Gasteiger partial charge on any atom is -0.479 e. The molecule has 1 atom stereocenters. The zero-order valence-corrected chi connectivity index (χ0v) is 14.0. The van der Waals surface area contributed by atoms with E-state index < -0.39 is 42.1 Å². The van der Waals surface area contributed by atoms with Crippen molar-refractivity contribution in [1.82, 2.24) is 0 Å². The van der Waals surface area contributed by atoms with Crippen molar-refractivity contribution < 1.29 is 36.6 Å². The molecule has 27 heavy (non-hydrogen) atoms. The van der Waals surface area contributed by atoms with Gasteiger partial charge in [0.2, 0.25) is 0 Å². The lowest BCUT2D eigenvalue weighted by molar-refractivity contribution is -0.153. The lowest BCUT2D eigenvalue weighted by atomic mass is 10.2. The molecule has 2 aromatic carbocycles. The standard InChI is InChI=1S/C18H15F4NO4/c1-11(27-15-8-4-13(19)5-9-15)17(25)26-10-16(24)23-14-6-2-12(3-7-14)18(20,21)22/h2-9,11H,10H2,1H3,(H,23,24)/t11-/m1/s1. The Morgan fingerprint density at radius 1 is 1.04 bits per heavy atom. The monoisotopic (exact) mass is 385 g/mol. The van der Waals surface area contributed by atoms with Crippen LogP contribution in [0.2, 0.25) is 0 Å². The summed E-state index contributed by atoms with van der Waals surface area (Å²) in [5.74, 6) is -1.77. The van der Waals surface area contributed by atoms with Crippen LogP contribution >= 0.6 is 0 Å². The lowest BCUT2D eigenvalue weighted by Crippen LogP contribution is -2.29. The zero-order valence-electron chi connectivity index (χ0n) is 14.0. The first-order chi connectivity index (χ1) is 12.6. The second kappa shape index (κ2) is 8.52. The number of anilines is 1. The van der Waals surface area contributed by atoms with Crippen molar-refractivity contribution >= 4 is 17.6 Å². The maximum Gasteiger partial charge on any atom is 0.416 e. The highest BCUT2D eigenvalue weighted by molar-refractivity contribution is 5.93. The van der Waals surface area contributed by atoms with Crippen LogP contribution in [-0.4, -0.2) is 24.6 Å². The van der Waals surface area contributed by atoms with Gasteiger partial charge in [0.25, 0.3) is 5.91 Å². The Morgan fingerprint density at radius 2 is 1.63 bits per heavy atom. The predicted molar refractivity (Wildman–Crippen MR) is 87.5 cm³/mol. The summed E-state index contributed by atoms with van der Waals surface area (Å²) in [6.45, 7) is 0.746. The van der Waals surface area contributed by atoms with Gasteiger partial charge in [-0.25, -0.2) is 9.18 Å². The van der Waals surface area contributed by atoms with E-state index in [-0.39, 0.29) is 11.4 Å². The smallest absolute Gasteiger partial charge is 0.416 e. The van der Waals surface area contributed by atoms with E-state index in [1.165, 1.54) is 19.1 Å². The molecule has 0 saturated heterocycles. The number of alkyl halides is 3. The fraction of sp³-hybridized carbons (Fsp3) is 0.222. The number of benzene rings is 2. The molecule has 0 spiro atoms. The minimum atomic E-state index is -4.47. The maximum absolute atomic E-state index is 12.8. The summed E-state index contributed by atoms with van der Waals surface area (Å²) in [7, 11) is 0. The molecule has 9 heteroatoms. The first kappa shape index (κ1) is 20.2. The molecule has 0 aromatic heterocycles. The summed E-state index contributed by atoms with van der Waals surface area (Å²) in [6.07, 6.45) is -5.52. The van der Waals surface area contributed by atoms with Gasteiger partial charge in [-0.2, -0.15) is 13.2 Å². The predicted octanol–water partition coefficient (Wildman–Crippen LogP) is 3.79. The number of ether oxygens (including phenoxy) is 2. The molecule has 0 bridgehead atoms. The largest absolute Gasteiger partial charge is 0.479 e. The van der Waals surface area contributed by atoms with Crippen LogP contribution in [0.1, 0.15) is 12.5 Å². The Bertz CT molecular complexity index is 789. The summed E-state index contributed by atoms with van der Waals surface area (Å²) < 4.78 is 60.2. The van der Waals surface area contributed by atoms with E-state index in [1.54, 1.807) is 0 Å². The molecule has 2 rings (SSSR count). The molecule has 144 valence electrons. The number of hydrogen-bond acceptors (Lipinski definition) is 4. The Balaban J connectivity index is 1.80. The van der Waals surface area contributed by atoms with Crippen molar-refractivity contribution in [2.24, 2.45) is 0 Å². The molecule has 0 unspecified atom stereocenters. The Morgan fingerprint density at radius 3 is 2.19 bits per heavy atom. The SMILES string of the molecule is C[C@@H](Oc1ccc(F)cc1)C(=O)OCC(=O)Nc1ccc(C(F)(F)F)cc1. The van der Waals surface area contributed by atoms with Crippen LogP contribution in [0.25, 0.3) is 0 Å². The van der Waals surface area contributed by atoms with Crippen molar-refractivity contribution in [2.75, 3.05) is 11.9 Å². The quantitative estimate of drug-likeness (QED) is 0.607. The number of nitrogens with one attached hydrogen (secondary N) is 1. The molecule has 0 heterocycles.